The summed E-state index contributed by atoms with van der Waals surface area (Å²) in [7, 11) is 1.90. The molecule has 1 atom stereocenters. The first kappa shape index (κ1) is 22.4. The van der Waals surface area contributed by atoms with Gasteiger partial charge in [0.05, 0.1) is 17.7 Å². The number of carbonyl (C=O) groups excluding carboxylic acids is 1. The van der Waals surface area contributed by atoms with Crippen molar-refractivity contribution in [3.05, 3.63) is 88.8 Å². The summed E-state index contributed by atoms with van der Waals surface area (Å²) in [6.07, 6.45) is 2.17. The predicted molar refractivity (Wildman–Crippen MR) is 133 cm³/mol. The molecule has 0 N–H and O–H groups in total. The second-order valence-corrected chi connectivity index (χ2v) is 9.43. The molecule has 1 amide bonds. The zero-order valence-corrected chi connectivity index (χ0v) is 20.3. The maximum absolute atomic E-state index is 13.3. The fourth-order valence-electron chi connectivity index (χ4n) is 3.85. The lowest BCUT2D eigenvalue weighted by atomic mass is 10.0. The Hall–Kier alpha value is -3.36. The summed E-state index contributed by atoms with van der Waals surface area (Å²) in [5, 5.41) is 16.1. The van der Waals surface area contributed by atoms with Crippen molar-refractivity contribution >= 4 is 35.0 Å². The van der Waals surface area contributed by atoms with Gasteiger partial charge in [-0.15, -0.1) is 10.2 Å². The van der Waals surface area contributed by atoms with Gasteiger partial charge in [0.25, 0.3) is 5.91 Å². The molecule has 34 heavy (non-hydrogen) atoms. The molecule has 1 unspecified atom stereocenters. The smallest absolute Gasteiger partial charge is 0.253 e. The van der Waals surface area contributed by atoms with Gasteiger partial charge in [0.2, 0.25) is 0 Å². The van der Waals surface area contributed by atoms with Crippen LogP contribution in [0.4, 0.5) is 0 Å². The fourth-order valence-corrected chi connectivity index (χ4v) is 4.74. The quantitative estimate of drug-likeness (QED) is 0.332. The number of aromatic nitrogens is 3. The van der Waals surface area contributed by atoms with Gasteiger partial charge in [-0.05, 0) is 36.8 Å². The van der Waals surface area contributed by atoms with Crippen LogP contribution >= 0.6 is 23.4 Å². The van der Waals surface area contributed by atoms with E-state index >= 15 is 0 Å². The Morgan fingerprint density at radius 2 is 1.82 bits per heavy atom. The Kier molecular flexibility index (Phi) is 6.26. The second-order valence-electron chi connectivity index (χ2n) is 8.05. The highest BCUT2D eigenvalue weighted by Crippen LogP contribution is 2.34. The molecule has 2 aromatic carbocycles. The maximum atomic E-state index is 13.3. The Morgan fingerprint density at radius 3 is 2.53 bits per heavy atom. The minimum Gasteiger partial charge on any atom is -0.467 e. The lowest BCUT2D eigenvalue weighted by Crippen LogP contribution is -2.28. The summed E-state index contributed by atoms with van der Waals surface area (Å²) in [5.74, 6) is 1.50. The monoisotopic (exact) mass is 491 g/mol. The molecule has 2 aromatic heterocycles. The SMILES string of the molecule is Cc1ccc(-c2nnc(SCC(=O)N3N=C(c4ccc(Cl)cc4)CC3c3ccco3)n2C)cc1. The number of nitrogens with zero attached hydrogens (tertiary/aromatic N) is 5. The molecule has 0 saturated carbocycles. The number of aryl methyl sites for hydroxylation is 1. The first-order chi connectivity index (χ1) is 16.5. The molecule has 4 aromatic rings. The molecule has 7 nitrogen and oxygen atoms in total. The molecule has 172 valence electrons. The van der Waals surface area contributed by atoms with Crippen LogP contribution in [-0.2, 0) is 11.8 Å². The standard InChI is InChI=1S/C25H22ClN5O2S/c1-16-5-7-18(8-6-16)24-27-28-25(30(24)2)34-15-23(32)31-21(22-4-3-13-33-22)14-20(29-31)17-9-11-19(26)12-10-17/h3-13,21H,14-15H2,1-2H3. The van der Waals surface area contributed by atoms with Gasteiger partial charge in [-0.1, -0.05) is 65.3 Å². The van der Waals surface area contributed by atoms with E-state index in [1.165, 1.54) is 22.3 Å². The number of furan rings is 1. The Bertz CT molecular complexity index is 1330. The summed E-state index contributed by atoms with van der Waals surface area (Å²) in [5.41, 5.74) is 3.91. The molecule has 9 heteroatoms. The fraction of sp³-hybridized carbons (Fsp3) is 0.200. The Labute approximate surface area is 206 Å². The average molecular weight is 492 g/mol. The summed E-state index contributed by atoms with van der Waals surface area (Å²) in [6.45, 7) is 2.04. The first-order valence-corrected chi connectivity index (χ1v) is 12.1. The second kappa shape index (κ2) is 9.48. The van der Waals surface area contributed by atoms with Gasteiger partial charge in [-0.2, -0.15) is 5.10 Å². The van der Waals surface area contributed by atoms with Crippen LogP contribution in [0.25, 0.3) is 11.4 Å². The zero-order chi connectivity index (χ0) is 23.7. The number of halogens is 1. The van der Waals surface area contributed by atoms with Crippen molar-refractivity contribution in [1.82, 2.24) is 19.8 Å². The Balaban J connectivity index is 1.34. The maximum Gasteiger partial charge on any atom is 0.253 e. The average Bonchev–Trinajstić information content (AvgIpc) is 3.59. The van der Waals surface area contributed by atoms with E-state index in [0.29, 0.717) is 22.4 Å². The largest absolute Gasteiger partial charge is 0.467 e. The van der Waals surface area contributed by atoms with Crippen molar-refractivity contribution in [3.8, 4) is 11.4 Å². The van der Waals surface area contributed by atoms with E-state index in [-0.39, 0.29) is 17.7 Å². The molecule has 1 aliphatic heterocycles. The molecule has 0 bridgehead atoms. The van der Waals surface area contributed by atoms with Gasteiger partial charge in [0.1, 0.15) is 11.8 Å². The third-order valence-corrected chi connectivity index (χ3v) is 6.94. The molecule has 0 fully saturated rings. The van der Waals surface area contributed by atoms with Crippen LogP contribution in [0.2, 0.25) is 5.02 Å². The number of carbonyl (C=O) groups is 1. The summed E-state index contributed by atoms with van der Waals surface area (Å²) < 4.78 is 7.52. The van der Waals surface area contributed by atoms with E-state index in [0.717, 1.165) is 22.7 Å². The molecule has 5 rings (SSSR count). The predicted octanol–water partition coefficient (Wildman–Crippen LogP) is 5.51. The van der Waals surface area contributed by atoms with Crippen molar-refractivity contribution in [2.24, 2.45) is 12.1 Å². The lowest BCUT2D eigenvalue weighted by molar-refractivity contribution is -0.130. The molecular weight excluding hydrogens is 470 g/mol. The van der Waals surface area contributed by atoms with Crippen molar-refractivity contribution < 1.29 is 9.21 Å². The minimum atomic E-state index is -0.295. The van der Waals surface area contributed by atoms with Crippen molar-refractivity contribution in [2.75, 3.05) is 5.75 Å². The van der Waals surface area contributed by atoms with Crippen molar-refractivity contribution in [1.29, 1.82) is 0 Å². The highest BCUT2D eigenvalue weighted by atomic mass is 35.5. The van der Waals surface area contributed by atoms with Gasteiger partial charge in [0, 0.05) is 24.1 Å². The number of hydrazone groups is 1. The summed E-state index contributed by atoms with van der Waals surface area (Å²) >= 11 is 7.37. The third-order valence-electron chi connectivity index (χ3n) is 5.68. The normalized spacial score (nSPS) is 15.6. The lowest BCUT2D eigenvalue weighted by Gasteiger charge is -2.19. The van der Waals surface area contributed by atoms with Crippen LogP contribution < -0.4 is 0 Å². The van der Waals surface area contributed by atoms with E-state index in [1.807, 2.05) is 79.2 Å². The number of benzene rings is 2. The molecule has 0 spiro atoms. The van der Waals surface area contributed by atoms with Crippen LogP contribution in [0.15, 0.2) is 81.6 Å². The van der Waals surface area contributed by atoms with Crippen molar-refractivity contribution in [2.45, 2.75) is 24.5 Å². The summed E-state index contributed by atoms with van der Waals surface area (Å²) in [4.78, 5) is 13.3. The highest BCUT2D eigenvalue weighted by Gasteiger charge is 2.35. The van der Waals surface area contributed by atoms with E-state index in [1.54, 1.807) is 6.26 Å². The molecule has 0 saturated heterocycles. The topological polar surface area (TPSA) is 76.5 Å². The van der Waals surface area contributed by atoms with Crippen LogP contribution in [0.5, 0.6) is 0 Å². The molecular formula is C25H22ClN5O2S. The van der Waals surface area contributed by atoms with Crippen LogP contribution in [0.3, 0.4) is 0 Å². The first-order valence-electron chi connectivity index (χ1n) is 10.8. The van der Waals surface area contributed by atoms with Gasteiger partial charge in [0.15, 0.2) is 11.0 Å². The molecule has 0 aliphatic carbocycles. The van der Waals surface area contributed by atoms with E-state index < -0.39 is 0 Å². The van der Waals surface area contributed by atoms with E-state index in [2.05, 4.69) is 15.3 Å². The van der Waals surface area contributed by atoms with Gasteiger partial charge < -0.3 is 8.98 Å². The number of hydrogen-bond acceptors (Lipinski definition) is 6. The molecule has 1 aliphatic rings. The number of thioether (sulfide) groups is 1. The van der Waals surface area contributed by atoms with Crippen molar-refractivity contribution in [3.63, 3.8) is 0 Å². The molecule has 3 heterocycles. The van der Waals surface area contributed by atoms with Crippen LogP contribution in [-0.4, -0.2) is 37.1 Å². The summed E-state index contributed by atoms with van der Waals surface area (Å²) in [6, 6.07) is 19.0. The number of hydrogen-bond donors (Lipinski definition) is 0. The number of amides is 1. The van der Waals surface area contributed by atoms with E-state index in [4.69, 9.17) is 16.0 Å². The van der Waals surface area contributed by atoms with E-state index in [9.17, 15) is 4.79 Å². The molecule has 0 radical (unpaired) electrons. The number of rotatable bonds is 6. The van der Waals surface area contributed by atoms with Crippen LogP contribution in [0, 0.1) is 6.92 Å². The van der Waals surface area contributed by atoms with Gasteiger partial charge in [-0.3, -0.25) is 4.79 Å². The highest BCUT2D eigenvalue weighted by molar-refractivity contribution is 7.99. The zero-order valence-electron chi connectivity index (χ0n) is 18.7. The van der Waals surface area contributed by atoms with Gasteiger partial charge in [-0.25, -0.2) is 5.01 Å². The minimum absolute atomic E-state index is 0.129. The third kappa shape index (κ3) is 4.51. The Morgan fingerprint density at radius 1 is 1.09 bits per heavy atom. The van der Waals surface area contributed by atoms with Crippen LogP contribution in [0.1, 0.15) is 29.3 Å². The van der Waals surface area contributed by atoms with Gasteiger partial charge >= 0.3 is 0 Å².